The van der Waals surface area contributed by atoms with Crippen molar-refractivity contribution in [3.05, 3.63) is 29.4 Å². The van der Waals surface area contributed by atoms with Crippen LogP contribution in [0.1, 0.15) is 18.6 Å². The van der Waals surface area contributed by atoms with E-state index < -0.39 is 11.6 Å². The minimum atomic E-state index is -0.745. The first-order valence-corrected chi connectivity index (χ1v) is 6.23. The Morgan fingerprint density at radius 2 is 1.85 bits per heavy atom. The van der Waals surface area contributed by atoms with Gasteiger partial charge in [-0.1, -0.05) is 5.16 Å². The largest absolute Gasteiger partial charge is 0.368 e. The fraction of sp³-hybridized carbons (Fsp3) is 0.417. The molecule has 0 radical (unpaired) electrons. The second-order valence-electron chi connectivity index (χ2n) is 4.09. The summed E-state index contributed by atoms with van der Waals surface area (Å²) in [4.78, 5) is 7.88. The molecule has 0 unspecified atom stereocenters. The van der Waals surface area contributed by atoms with Crippen molar-refractivity contribution in [2.75, 3.05) is 23.7 Å². The standard InChI is InChI=1S/C12H15F2N5O/c1-3-15-11-8(13)6-9(14)12(18-11)16-5-4-10-17-7(2)19-20-10/h6H,3-5H2,1-2H3,(H2,15,16,18). The first kappa shape index (κ1) is 14.2. The van der Waals surface area contributed by atoms with Gasteiger partial charge in [-0.15, -0.1) is 0 Å². The number of aryl methyl sites for hydroxylation is 1. The molecular weight excluding hydrogens is 268 g/mol. The zero-order valence-corrected chi connectivity index (χ0v) is 11.2. The maximum atomic E-state index is 13.6. The van der Waals surface area contributed by atoms with Crippen LogP contribution in [0.25, 0.3) is 0 Å². The average molecular weight is 283 g/mol. The van der Waals surface area contributed by atoms with Crippen molar-refractivity contribution < 1.29 is 13.3 Å². The number of hydrogen-bond acceptors (Lipinski definition) is 6. The Morgan fingerprint density at radius 3 is 2.45 bits per heavy atom. The lowest BCUT2D eigenvalue weighted by molar-refractivity contribution is 0.377. The lowest BCUT2D eigenvalue weighted by Gasteiger charge is -2.09. The molecule has 0 spiro atoms. The van der Waals surface area contributed by atoms with Crippen molar-refractivity contribution >= 4 is 11.6 Å². The highest BCUT2D eigenvalue weighted by Gasteiger charge is 2.11. The molecule has 2 aromatic heterocycles. The van der Waals surface area contributed by atoms with Crippen LogP contribution >= 0.6 is 0 Å². The van der Waals surface area contributed by atoms with E-state index in [0.717, 1.165) is 6.07 Å². The molecule has 2 heterocycles. The minimum Gasteiger partial charge on any atom is -0.368 e. The van der Waals surface area contributed by atoms with Gasteiger partial charge in [0, 0.05) is 25.6 Å². The Morgan fingerprint density at radius 1 is 1.15 bits per heavy atom. The van der Waals surface area contributed by atoms with E-state index in [0.29, 0.717) is 31.2 Å². The Bertz CT molecular complexity index is 587. The number of nitrogens with zero attached hydrogens (tertiary/aromatic N) is 3. The third-order valence-corrected chi connectivity index (χ3v) is 2.47. The molecule has 0 bridgehead atoms. The van der Waals surface area contributed by atoms with Crippen molar-refractivity contribution in [2.24, 2.45) is 0 Å². The molecule has 0 saturated heterocycles. The maximum absolute atomic E-state index is 13.6. The second kappa shape index (κ2) is 6.27. The van der Waals surface area contributed by atoms with E-state index in [1.54, 1.807) is 13.8 Å². The van der Waals surface area contributed by atoms with Crippen molar-refractivity contribution in [2.45, 2.75) is 20.3 Å². The number of nitrogens with one attached hydrogen (secondary N) is 2. The SMILES string of the molecule is CCNc1nc(NCCc2nc(C)no2)c(F)cc1F. The molecule has 2 aromatic rings. The van der Waals surface area contributed by atoms with Crippen LogP contribution in [0.5, 0.6) is 0 Å². The van der Waals surface area contributed by atoms with Gasteiger partial charge < -0.3 is 15.2 Å². The van der Waals surface area contributed by atoms with Crippen LogP contribution in [0, 0.1) is 18.6 Å². The third-order valence-electron chi connectivity index (χ3n) is 2.47. The number of halogens is 2. The molecule has 108 valence electrons. The molecular formula is C12H15F2N5O. The summed E-state index contributed by atoms with van der Waals surface area (Å²) in [6, 6.07) is 0.796. The van der Waals surface area contributed by atoms with E-state index in [4.69, 9.17) is 4.52 Å². The zero-order valence-electron chi connectivity index (χ0n) is 11.2. The van der Waals surface area contributed by atoms with Crippen LogP contribution in [-0.2, 0) is 6.42 Å². The van der Waals surface area contributed by atoms with Gasteiger partial charge in [-0.05, 0) is 13.8 Å². The topological polar surface area (TPSA) is 75.9 Å². The summed E-state index contributed by atoms with van der Waals surface area (Å²) < 4.78 is 31.9. The van der Waals surface area contributed by atoms with Crippen LogP contribution in [0.2, 0.25) is 0 Å². The number of hydrogen-bond donors (Lipinski definition) is 2. The van der Waals surface area contributed by atoms with E-state index in [2.05, 4.69) is 25.8 Å². The predicted octanol–water partition coefficient (Wildman–Crippen LogP) is 2.14. The minimum absolute atomic E-state index is 0.0152. The maximum Gasteiger partial charge on any atom is 0.228 e. The van der Waals surface area contributed by atoms with Crippen molar-refractivity contribution in [3.8, 4) is 0 Å². The first-order chi connectivity index (χ1) is 9.60. The molecule has 6 nitrogen and oxygen atoms in total. The predicted molar refractivity (Wildman–Crippen MR) is 69.5 cm³/mol. The van der Waals surface area contributed by atoms with E-state index >= 15 is 0 Å². The van der Waals surface area contributed by atoms with E-state index in [9.17, 15) is 8.78 Å². The summed E-state index contributed by atoms with van der Waals surface area (Å²) >= 11 is 0. The average Bonchev–Trinajstić information content (AvgIpc) is 2.81. The molecule has 2 N–H and O–H groups in total. The number of anilines is 2. The van der Waals surface area contributed by atoms with Gasteiger partial charge in [0.2, 0.25) is 5.89 Å². The summed E-state index contributed by atoms with van der Waals surface area (Å²) in [7, 11) is 0. The fourth-order valence-electron chi connectivity index (χ4n) is 1.61. The Hall–Kier alpha value is -2.25. The van der Waals surface area contributed by atoms with Crippen LogP contribution < -0.4 is 10.6 Å². The van der Waals surface area contributed by atoms with Gasteiger partial charge in [0.1, 0.15) is 0 Å². The molecule has 0 aliphatic carbocycles. The molecule has 8 heteroatoms. The lowest BCUT2D eigenvalue weighted by atomic mass is 10.3. The lowest BCUT2D eigenvalue weighted by Crippen LogP contribution is -2.11. The molecule has 20 heavy (non-hydrogen) atoms. The van der Waals surface area contributed by atoms with Crippen molar-refractivity contribution in [1.82, 2.24) is 15.1 Å². The van der Waals surface area contributed by atoms with Gasteiger partial charge in [-0.25, -0.2) is 13.8 Å². The van der Waals surface area contributed by atoms with Crippen LogP contribution in [-0.4, -0.2) is 28.2 Å². The number of pyridine rings is 1. The van der Waals surface area contributed by atoms with Crippen molar-refractivity contribution in [3.63, 3.8) is 0 Å². The summed E-state index contributed by atoms with van der Waals surface area (Å²) in [6.45, 7) is 4.36. The van der Waals surface area contributed by atoms with Gasteiger partial charge in [0.25, 0.3) is 0 Å². The molecule has 0 atom stereocenters. The van der Waals surface area contributed by atoms with Crippen LogP contribution in [0.15, 0.2) is 10.6 Å². The molecule has 0 aliphatic rings. The molecule has 0 amide bonds. The van der Waals surface area contributed by atoms with Gasteiger partial charge in [0.15, 0.2) is 29.1 Å². The summed E-state index contributed by atoms with van der Waals surface area (Å²) in [5.74, 6) is -0.471. The highest BCUT2D eigenvalue weighted by atomic mass is 19.1. The van der Waals surface area contributed by atoms with Gasteiger partial charge in [-0.2, -0.15) is 4.98 Å². The fourth-order valence-corrected chi connectivity index (χ4v) is 1.61. The van der Waals surface area contributed by atoms with Crippen LogP contribution in [0.4, 0.5) is 20.4 Å². The zero-order chi connectivity index (χ0) is 14.5. The molecule has 0 saturated carbocycles. The summed E-state index contributed by atoms with van der Waals surface area (Å²) in [5, 5.41) is 9.14. The van der Waals surface area contributed by atoms with Gasteiger partial charge in [0.05, 0.1) is 0 Å². The highest BCUT2D eigenvalue weighted by molar-refractivity contribution is 5.47. The van der Waals surface area contributed by atoms with Gasteiger partial charge >= 0.3 is 0 Å². The smallest absolute Gasteiger partial charge is 0.228 e. The summed E-state index contributed by atoms with van der Waals surface area (Å²) in [5.41, 5.74) is 0. The van der Waals surface area contributed by atoms with E-state index in [1.165, 1.54) is 0 Å². The molecule has 0 aliphatic heterocycles. The van der Waals surface area contributed by atoms with Crippen LogP contribution in [0.3, 0.4) is 0 Å². The Kier molecular flexibility index (Phi) is 4.44. The summed E-state index contributed by atoms with van der Waals surface area (Å²) in [6.07, 6.45) is 0.426. The molecule has 0 fully saturated rings. The Labute approximate surface area is 114 Å². The van der Waals surface area contributed by atoms with E-state index in [1.807, 2.05) is 0 Å². The normalized spacial score (nSPS) is 10.6. The molecule has 2 rings (SSSR count). The highest BCUT2D eigenvalue weighted by Crippen LogP contribution is 2.18. The first-order valence-electron chi connectivity index (χ1n) is 6.23. The third kappa shape index (κ3) is 3.40. The Balaban J connectivity index is 1.99. The number of rotatable bonds is 6. The number of aromatic nitrogens is 3. The van der Waals surface area contributed by atoms with Crippen molar-refractivity contribution in [1.29, 1.82) is 0 Å². The quantitative estimate of drug-likeness (QED) is 0.846. The van der Waals surface area contributed by atoms with Gasteiger partial charge in [-0.3, -0.25) is 0 Å². The monoisotopic (exact) mass is 283 g/mol. The second-order valence-corrected chi connectivity index (χ2v) is 4.09. The van der Waals surface area contributed by atoms with E-state index in [-0.39, 0.29) is 11.6 Å². The molecule has 0 aromatic carbocycles.